The van der Waals surface area contributed by atoms with Gasteiger partial charge < -0.3 is 10.4 Å². The van der Waals surface area contributed by atoms with E-state index in [1.54, 1.807) is 6.07 Å². The van der Waals surface area contributed by atoms with E-state index in [1.165, 1.54) is 0 Å². The predicted molar refractivity (Wildman–Crippen MR) is 93.9 cm³/mol. The largest absolute Gasteiger partial charge is 0.505 e. The Bertz CT molecular complexity index is 583. The van der Waals surface area contributed by atoms with Crippen LogP contribution < -0.4 is 5.32 Å². The summed E-state index contributed by atoms with van der Waals surface area (Å²) in [5, 5.41) is 22.4. The number of hydrogen-bond donors (Lipinski definition) is 2. The molecule has 0 aromatic heterocycles. The highest BCUT2D eigenvalue weighted by molar-refractivity contribution is 5.85. The number of nitrogens with zero attached hydrogens (tertiary/aromatic N) is 2. The lowest BCUT2D eigenvalue weighted by Crippen LogP contribution is -2.45. The molecule has 1 saturated heterocycles. The third-order valence-electron chi connectivity index (χ3n) is 3.72. The van der Waals surface area contributed by atoms with E-state index >= 15 is 0 Å². The number of piperazine rings is 1. The highest BCUT2D eigenvalue weighted by Gasteiger charge is 2.26. The molecule has 0 amide bonds. The monoisotopic (exact) mass is 361 g/mol. The average Bonchev–Trinajstić information content (AvgIpc) is 2.48. The first-order chi connectivity index (χ1) is 10.0. The zero-order valence-corrected chi connectivity index (χ0v) is 14.6. The molecular weight excluding hydrogens is 340 g/mol. The maximum atomic E-state index is 13.8. The Labute approximate surface area is 148 Å². The van der Waals surface area contributed by atoms with Crippen molar-refractivity contribution in [1.29, 1.82) is 5.26 Å². The van der Waals surface area contributed by atoms with E-state index in [0.29, 0.717) is 12.0 Å². The zero-order valence-electron chi connectivity index (χ0n) is 13.0. The number of nitrogens with one attached hydrogen (secondary N) is 1. The van der Waals surface area contributed by atoms with Gasteiger partial charge in [-0.15, -0.1) is 31.4 Å². The van der Waals surface area contributed by atoms with Crippen molar-refractivity contribution in [3.8, 4) is 11.8 Å². The van der Waals surface area contributed by atoms with E-state index in [4.69, 9.17) is 5.26 Å². The van der Waals surface area contributed by atoms with Crippen molar-refractivity contribution in [3.05, 3.63) is 41.2 Å². The number of aromatic hydroxyl groups is 1. The maximum absolute atomic E-state index is 13.8. The second kappa shape index (κ2) is 9.74. The normalized spacial score (nSPS) is 15.7. The van der Waals surface area contributed by atoms with Crippen LogP contribution in [0.25, 0.3) is 0 Å². The molecule has 1 aromatic rings. The lowest BCUT2D eigenvalue weighted by Gasteiger charge is -2.35. The number of benzene rings is 1. The van der Waals surface area contributed by atoms with Gasteiger partial charge >= 0.3 is 0 Å². The zero-order chi connectivity index (χ0) is 15.4. The topological polar surface area (TPSA) is 59.3 Å². The molecule has 0 unspecified atom stereocenters. The fourth-order valence-corrected chi connectivity index (χ4v) is 2.70. The van der Waals surface area contributed by atoms with Crippen LogP contribution in [0.1, 0.15) is 30.5 Å². The molecule has 7 heteroatoms. The van der Waals surface area contributed by atoms with Gasteiger partial charge in [0.2, 0.25) is 0 Å². The van der Waals surface area contributed by atoms with Crippen LogP contribution in [0.15, 0.2) is 24.3 Å². The van der Waals surface area contributed by atoms with Crippen LogP contribution in [0.4, 0.5) is 4.39 Å². The molecule has 2 rings (SSSR count). The van der Waals surface area contributed by atoms with Crippen LogP contribution >= 0.6 is 24.8 Å². The number of phenols is 1. The molecule has 1 heterocycles. The van der Waals surface area contributed by atoms with E-state index < -0.39 is 5.82 Å². The van der Waals surface area contributed by atoms with E-state index in [0.717, 1.165) is 37.8 Å². The summed E-state index contributed by atoms with van der Waals surface area (Å²) in [7, 11) is 0. The number of nitriles is 1. The van der Waals surface area contributed by atoms with Gasteiger partial charge in [0.1, 0.15) is 0 Å². The minimum absolute atomic E-state index is 0. The molecule has 23 heavy (non-hydrogen) atoms. The molecule has 4 nitrogen and oxygen atoms in total. The Hall–Kier alpha value is -1.32. The van der Waals surface area contributed by atoms with Crippen molar-refractivity contribution in [1.82, 2.24) is 10.2 Å². The van der Waals surface area contributed by atoms with Gasteiger partial charge in [0.15, 0.2) is 11.6 Å². The van der Waals surface area contributed by atoms with Crippen LogP contribution in [-0.2, 0) is 0 Å². The summed E-state index contributed by atoms with van der Waals surface area (Å²) >= 11 is 0. The second-order valence-corrected chi connectivity index (χ2v) is 5.47. The third-order valence-corrected chi connectivity index (χ3v) is 3.72. The van der Waals surface area contributed by atoms with E-state index in [-0.39, 0.29) is 42.2 Å². The van der Waals surface area contributed by atoms with Crippen molar-refractivity contribution in [3.63, 3.8) is 0 Å². The van der Waals surface area contributed by atoms with Crippen LogP contribution in [-0.4, -0.2) is 36.2 Å². The molecule has 2 N–H and O–H groups in total. The SMILES string of the molecule is C=C(C)C[C@@H](c1cc(C#N)cc(F)c1O)N1CCNCC1.Cl.Cl. The maximum Gasteiger partial charge on any atom is 0.166 e. The lowest BCUT2D eigenvalue weighted by molar-refractivity contribution is 0.169. The number of rotatable bonds is 4. The van der Waals surface area contributed by atoms with Crippen LogP contribution in [0.2, 0.25) is 0 Å². The number of halogens is 3. The first-order valence-corrected chi connectivity index (χ1v) is 7.04. The van der Waals surface area contributed by atoms with E-state index in [9.17, 15) is 9.50 Å². The van der Waals surface area contributed by atoms with E-state index in [1.807, 2.05) is 13.0 Å². The lowest BCUT2D eigenvalue weighted by atomic mass is 9.95. The molecule has 1 aliphatic heterocycles. The molecule has 1 fully saturated rings. The van der Waals surface area contributed by atoms with Gasteiger partial charge in [-0.25, -0.2) is 4.39 Å². The summed E-state index contributed by atoms with van der Waals surface area (Å²) in [6, 6.07) is 4.42. The molecular formula is C16H22Cl2FN3O. The Balaban J connectivity index is 0.00000242. The highest BCUT2D eigenvalue weighted by Crippen LogP contribution is 2.35. The molecule has 1 atom stereocenters. The van der Waals surface area contributed by atoms with E-state index in [2.05, 4.69) is 16.8 Å². The van der Waals surface area contributed by atoms with Crippen molar-refractivity contribution in [2.75, 3.05) is 26.2 Å². The second-order valence-electron chi connectivity index (χ2n) is 5.47. The van der Waals surface area contributed by atoms with Crippen LogP contribution in [0.3, 0.4) is 0 Å². The summed E-state index contributed by atoms with van der Waals surface area (Å²) in [4.78, 5) is 2.20. The fraction of sp³-hybridized carbons (Fsp3) is 0.438. The predicted octanol–water partition coefficient (Wildman–Crippen LogP) is 3.16. The van der Waals surface area contributed by atoms with Gasteiger partial charge in [0, 0.05) is 37.8 Å². The minimum Gasteiger partial charge on any atom is -0.505 e. The smallest absolute Gasteiger partial charge is 0.166 e. The molecule has 0 bridgehead atoms. The van der Waals surface area contributed by atoms with Crippen LogP contribution in [0, 0.1) is 17.1 Å². The van der Waals surface area contributed by atoms with Gasteiger partial charge in [0.05, 0.1) is 11.6 Å². The summed E-state index contributed by atoms with van der Waals surface area (Å²) in [6.07, 6.45) is 0.627. The van der Waals surface area contributed by atoms with Gasteiger partial charge in [-0.2, -0.15) is 5.26 Å². The van der Waals surface area contributed by atoms with Crippen molar-refractivity contribution >= 4 is 24.8 Å². The molecule has 0 spiro atoms. The van der Waals surface area contributed by atoms with Crippen molar-refractivity contribution < 1.29 is 9.50 Å². The molecule has 0 radical (unpaired) electrons. The summed E-state index contributed by atoms with van der Waals surface area (Å²) in [5.74, 6) is -1.11. The van der Waals surface area contributed by atoms with Gasteiger partial charge in [0.25, 0.3) is 0 Å². The summed E-state index contributed by atoms with van der Waals surface area (Å²) in [5.41, 5.74) is 1.65. The molecule has 1 aromatic carbocycles. The van der Waals surface area contributed by atoms with Crippen LogP contribution in [0.5, 0.6) is 5.75 Å². The molecule has 0 aliphatic carbocycles. The fourth-order valence-electron chi connectivity index (χ4n) is 2.70. The first-order valence-electron chi connectivity index (χ1n) is 7.04. The summed E-state index contributed by atoms with van der Waals surface area (Å²) in [6.45, 7) is 9.18. The first kappa shape index (κ1) is 21.7. The van der Waals surface area contributed by atoms with Crippen molar-refractivity contribution in [2.45, 2.75) is 19.4 Å². The standard InChI is InChI=1S/C16H20FN3O.2ClH/c1-11(2)7-15(20-5-3-19-4-6-20)13-8-12(10-18)9-14(17)16(13)21;;/h8-9,15,19,21H,1,3-7H2,2H3;2*1H/t15-;;/m0../s1. The highest BCUT2D eigenvalue weighted by atomic mass is 35.5. The Morgan fingerprint density at radius 1 is 1.43 bits per heavy atom. The Morgan fingerprint density at radius 3 is 2.57 bits per heavy atom. The average molecular weight is 362 g/mol. The van der Waals surface area contributed by atoms with Gasteiger partial charge in [-0.3, -0.25) is 4.90 Å². The Kier molecular flexibility index (Phi) is 9.18. The summed E-state index contributed by atoms with van der Waals surface area (Å²) < 4.78 is 13.8. The third kappa shape index (κ3) is 5.36. The minimum atomic E-state index is -0.745. The quantitative estimate of drug-likeness (QED) is 0.808. The van der Waals surface area contributed by atoms with Gasteiger partial charge in [-0.1, -0.05) is 5.57 Å². The number of hydrogen-bond acceptors (Lipinski definition) is 4. The van der Waals surface area contributed by atoms with Gasteiger partial charge in [-0.05, 0) is 25.5 Å². The molecule has 1 aliphatic rings. The molecule has 128 valence electrons. The number of phenolic OH excluding ortho intramolecular Hbond substituents is 1. The molecule has 0 saturated carbocycles. The van der Waals surface area contributed by atoms with Crippen molar-refractivity contribution in [2.24, 2.45) is 0 Å². The Morgan fingerprint density at radius 2 is 2.04 bits per heavy atom.